The van der Waals surface area contributed by atoms with Crippen molar-refractivity contribution in [1.82, 2.24) is 5.32 Å². The first-order valence-corrected chi connectivity index (χ1v) is 7.67. The molecule has 1 heterocycles. The van der Waals surface area contributed by atoms with Gasteiger partial charge in [0.05, 0.1) is 5.02 Å². The molecule has 0 spiro atoms. The molecule has 0 aliphatic rings. The zero-order valence-electron chi connectivity index (χ0n) is 10.8. The molecule has 0 aliphatic heterocycles. The normalized spacial score (nSPS) is 12.6. The Morgan fingerprint density at radius 1 is 1.32 bits per heavy atom. The predicted molar refractivity (Wildman–Crippen MR) is 80.2 cm³/mol. The third-order valence-electron chi connectivity index (χ3n) is 3.03. The highest BCUT2D eigenvalue weighted by atomic mass is 35.5. The molecule has 0 radical (unpaired) electrons. The van der Waals surface area contributed by atoms with Crippen molar-refractivity contribution >= 4 is 22.9 Å². The summed E-state index contributed by atoms with van der Waals surface area (Å²) in [6.07, 6.45) is 2.14. The molecule has 1 unspecified atom stereocenters. The summed E-state index contributed by atoms with van der Waals surface area (Å²) in [5.41, 5.74) is 0.616. The summed E-state index contributed by atoms with van der Waals surface area (Å²) < 4.78 is 13.8. The van der Waals surface area contributed by atoms with Crippen LogP contribution in [-0.2, 0) is 6.54 Å². The first-order valence-electron chi connectivity index (χ1n) is 6.42. The third-order valence-corrected chi connectivity index (χ3v) is 4.31. The Labute approximate surface area is 122 Å². The van der Waals surface area contributed by atoms with Gasteiger partial charge in [-0.05, 0) is 23.9 Å². The van der Waals surface area contributed by atoms with Crippen LogP contribution in [0.25, 0.3) is 0 Å². The number of thiophene rings is 1. The van der Waals surface area contributed by atoms with Crippen molar-refractivity contribution in [3.8, 4) is 0 Å². The number of hydrogen-bond acceptors (Lipinski definition) is 2. The maximum absolute atomic E-state index is 13.8. The Morgan fingerprint density at radius 2 is 2.16 bits per heavy atom. The van der Waals surface area contributed by atoms with Gasteiger partial charge in [0.25, 0.3) is 0 Å². The average molecular weight is 298 g/mol. The van der Waals surface area contributed by atoms with Crippen LogP contribution >= 0.6 is 22.9 Å². The van der Waals surface area contributed by atoms with Crippen LogP contribution in [0.3, 0.4) is 0 Å². The minimum Gasteiger partial charge on any atom is -0.305 e. The second kappa shape index (κ2) is 7.04. The molecular formula is C15H17ClFNS. The predicted octanol–water partition coefficient (Wildman–Crippen LogP) is 5.17. The highest BCUT2D eigenvalue weighted by molar-refractivity contribution is 7.10. The summed E-state index contributed by atoms with van der Waals surface area (Å²) in [6.45, 7) is 2.65. The minimum absolute atomic E-state index is 0.183. The molecule has 2 rings (SSSR count). The van der Waals surface area contributed by atoms with Crippen LogP contribution in [0.1, 0.15) is 36.2 Å². The van der Waals surface area contributed by atoms with Gasteiger partial charge in [0, 0.05) is 23.0 Å². The summed E-state index contributed by atoms with van der Waals surface area (Å²) in [5, 5.41) is 5.67. The SMILES string of the molecule is CCCC(NCc1cccc(Cl)c1F)c1cccs1. The van der Waals surface area contributed by atoms with Crippen molar-refractivity contribution < 1.29 is 4.39 Å². The fourth-order valence-electron chi connectivity index (χ4n) is 2.04. The molecule has 0 saturated heterocycles. The first-order chi connectivity index (χ1) is 9.22. The van der Waals surface area contributed by atoms with Gasteiger partial charge in [0.15, 0.2) is 0 Å². The van der Waals surface area contributed by atoms with E-state index in [9.17, 15) is 4.39 Å². The van der Waals surface area contributed by atoms with E-state index in [4.69, 9.17) is 11.6 Å². The van der Waals surface area contributed by atoms with Gasteiger partial charge in [-0.1, -0.05) is 43.1 Å². The number of nitrogens with one attached hydrogen (secondary N) is 1. The van der Waals surface area contributed by atoms with Crippen LogP contribution in [-0.4, -0.2) is 0 Å². The molecule has 0 aliphatic carbocycles. The van der Waals surface area contributed by atoms with Gasteiger partial charge in [-0.25, -0.2) is 4.39 Å². The van der Waals surface area contributed by atoms with Gasteiger partial charge in [0.2, 0.25) is 0 Å². The Kier molecular flexibility index (Phi) is 5.37. The molecule has 19 heavy (non-hydrogen) atoms. The van der Waals surface area contributed by atoms with Gasteiger partial charge < -0.3 is 5.32 Å². The number of rotatable bonds is 6. The fraction of sp³-hybridized carbons (Fsp3) is 0.333. The highest BCUT2D eigenvalue weighted by Gasteiger charge is 2.13. The van der Waals surface area contributed by atoms with Gasteiger partial charge in [-0.3, -0.25) is 0 Å². The first kappa shape index (κ1) is 14.5. The van der Waals surface area contributed by atoms with Crippen molar-refractivity contribution in [2.45, 2.75) is 32.4 Å². The summed E-state index contributed by atoms with van der Waals surface area (Å²) in [7, 11) is 0. The van der Waals surface area contributed by atoms with Crippen LogP contribution < -0.4 is 5.32 Å². The summed E-state index contributed by atoms with van der Waals surface area (Å²) in [5.74, 6) is -0.321. The Hall–Kier alpha value is -0.900. The van der Waals surface area contributed by atoms with Gasteiger partial charge in [0.1, 0.15) is 5.82 Å². The monoisotopic (exact) mass is 297 g/mol. The second-order valence-electron chi connectivity index (χ2n) is 4.45. The van der Waals surface area contributed by atoms with E-state index < -0.39 is 0 Å². The Morgan fingerprint density at radius 3 is 2.84 bits per heavy atom. The topological polar surface area (TPSA) is 12.0 Å². The molecule has 0 fully saturated rings. The van der Waals surface area contributed by atoms with Crippen molar-refractivity contribution in [3.05, 3.63) is 57.0 Å². The second-order valence-corrected chi connectivity index (χ2v) is 5.84. The quantitative estimate of drug-likeness (QED) is 0.775. The lowest BCUT2D eigenvalue weighted by Gasteiger charge is -2.17. The van der Waals surface area contributed by atoms with E-state index in [1.54, 1.807) is 29.5 Å². The standard InChI is InChI=1S/C15H17ClFNS/c1-2-5-13(14-8-4-9-19-14)18-10-11-6-3-7-12(16)15(11)17/h3-4,6-9,13,18H,2,5,10H2,1H3. The maximum atomic E-state index is 13.8. The van der Waals surface area contributed by atoms with E-state index in [1.807, 2.05) is 6.07 Å². The van der Waals surface area contributed by atoms with Crippen molar-refractivity contribution in [1.29, 1.82) is 0 Å². The molecule has 1 atom stereocenters. The third kappa shape index (κ3) is 3.78. The van der Waals surface area contributed by atoms with Crippen LogP contribution in [0.15, 0.2) is 35.7 Å². The van der Waals surface area contributed by atoms with E-state index in [0.717, 1.165) is 12.8 Å². The van der Waals surface area contributed by atoms with Crippen LogP contribution in [0.4, 0.5) is 4.39 Å². The molecule has 0 bridgehead atoms. The Balaban J connectivity index is 2.05. The molecule has 1 N–H and O–H groups in total. The molecule has 2 aromatic rings. The van der Waals surface area contributed by atoms with E-state index in [-0.39, 0.29) is 16.9 Å². The minimum atomic E-state index is -0.321. The molecule has 4 heteroatoms. The van der Waals surface area contributed by atoms with E-state index in [1.165, 1.54) is 4.88 Å². The zero-order chi connectivity index (χ0) is 13.7. The smallest absolute Gasteiger partial charge is 0.146 e. The maximum Gasteiger partial charge on any atom is 0.146 e. The summed E-state index contributed by atoms with van der Waals surface area (Å²) in [6, 6.07) is 9.57. The van der Waals surface area contributed by atoms with Gasteiger partial charge >= 0.3 is 0 Å². The molecule has 1 aromatic heterocycles. The molecule has 0 saturated carbocycles. The van der Waals surface area contributed by atoms with Crippen molar-refractivity contribution in [2.75, 3.05) is 0 Å². The van der Waals surface area contributed by atoms with Crippen LogP contribution in [0.5, 0.6) is 0 Å². The van der Waals surface area contributed by atoms with E-state index in [2.05, 4.69) is 23.7 Å². The summed E-state index contributed by atoms with van der Waals surface area (Å²) >= 11 is 7.52. The van der Waals surface area contributed by atoms with E-state index in [0.29, 0.717) is 12.1 Å². The molecule has 1 nitrogen and oxygen atoms in total. The molecule has 102 valence electrons. The summed E-state index contributed by atoms with van der Waals surface area (Å²) in [4.78, 5) is 1.30. The zero-order valence-corrected chi connectivity index (χ0v) is 12.4. The lowest BCUT2D eigenvalue weighted by Crippen LogP contribution is -2.20. The molecule has 0 amide bonds. The lowest BCUT2D eigenvalue weighted by atomic mass is 10.1. The van der Waals surface area contributed by atoms with Crippen molar-refractivity contribution in [2.24, 2.45) is 0 Å². The number of benzene rings is 1. The van der Waals surface area contributed by atoms with Crippen LogP contribution in [0, 0.1) is 5.82 Å². The largest absolute Gasteiger partial charge is 0.305 e. The average Bonchev–Trinajstić information content (AvgIpc) is 2.93. The number of hydrogen-bond donors (Lipinski definition) is 1. The lowest BCUT2D eigenvalue weighted by molar-refractivity contribution is 0.489. The number of halogens is 2. The van der Waals surface area contributed by atoms with Crippen LogP contribution in [0.2, 0.25) is 5.02 Å². The molecular weight excluding hydrogens is 281 g/mol. The van der Waals surface area contributed by atoms with E-state index >= 15 is 0 Å². The fourth-order valence-corrected chi connectivity index (χ4v) is 3.07. The van der Waals surface area contributed by atoms with Gasteiger partial charge in [-0.15, -0.1) is 11.3 Å². The Bertz CT molecular complexity index is 513. The van der Waals surface area contributed by atoms with Crippen molar-refractivity contribution in [3.63, 3.8) is 0 Å². The molecule has 1 aromatic carbocycles. The highest BCUT2D eigenvalue weighted by Crippen LogP contribution is 2.24. The van der Waals surface area contributed by atoms with Gasteiger partial charge in [-0.2, -0.15) is 0 Å².